The topological polar surface area (TPSA) is 52.7 Å². The number of hydrogen-bond acceptors (Lipinski definition) is 3. The van der Waals surface area contributed by atoms with Crippen molar-refractivity contribution in [1.29, 1.82) is 0 Å². The van der Waals surface area contributed by atoms with Gasteiger partial charge in [-0.15, -0.1) is 12.4 Å². The standard InChI is InChI=1S/C17H25N3O2.ClH/c1-4-19(3)16(21)13-7-5-8-14(11-13)17(22)20-10-6-9-15(12-20)18-2;/h5,7-8,11,15,18H,4,6,9-10,12H2,1-3H3;1H. The maximum Gasteiger partial charge on any atom is 0.253 e. The minimum Gasteiger partial charge on any atom is -0.342 e. The molecule has 1 aromatic rings. The van der Waals surface area contributed by atoms with Gasteiger partial charge >= 0.3 is 0 Å². The lowest BCUT2D eigenvalue weighted by atomic mass is 10.0. The van der Waals surface area contributed by atoms with Crippen LogP contribution in [-0.2, 0) is 0 Å². The van der Waals surface area contributed by atoms with E-state index in [0.29, 0.717) is 23.7 Å². The highest BCUT2D eigenvalue weighted by molar-refractivity contribution is 5.99. The Hall–Kier alpha value is -1.59. The fraction of sp³-hybridized carbons (Fsp3) is 0.529. The third kappa shape index (κ3) is 4.69. The minimum atomic E-state index is -0.0519. The van der Waals surface area contributed by atoms with Crippen molar-refractivity contribution in [3.63, 3.8) is 0 Å². The number of piperidine rings is 1. The van der Waals surface area contributed by atoms with Gasteiger partial charge in [-0.1, -0.05) is 6.07 Å². The zero-order valence-corrected chi connectivity index (χ0v) is 14.9. The summed E-state index contributed by atoms with van der Waals surface area (Å²) >= 11 is 0. The Morgan fingerprint density at radius 3 is 2.70 bits per heavy atom. The van der Waals surface area contributed by atoms with Crippen molar-refractivity contribution in [2.24, 2.45) is 0 Å². The molecule has 0 aromatic heterocycles. The molecule has 2 rings (SSSR count). The summed E-state index contributed by atoms with van der Waals surface area (Å²) in [5, 5.41) is 3.24. The molecule has 0 aliphatic carbocycles. The minimum absolute atomic E-state index is 0. The van der Waals surface area contributed by atoms with Crippen LogP contribution in [0.4, 0.5) is 0 Å². The fourth-order valence-corrected chi connectivity index (χ4v) is 2.73. The second-order valence-electron chi connectivity index (χ2n) is 5.78. The van der Waals surface area contributed by atoms with Crippen LogP contribution in [0.5, 0.6) is 0 Å². The highest BCUT2D eigenvalue weighted by Crippen LogP contribution is 2.15. The lowest BCUT2D eigenvalue weighted by Crippen LogP contribution is -2.47. The van der Waals surface area contributed by atoms with Crippen molar-refractivity contribution >= 4 is 24.2 Å². The molecule has 1 atom stereocenters. The number of carbonyl (C=O) groups is 2. The first-order chi connectivity index (χ1) is 10.6. The maximum absolute atomic E-state index is 12.6. The molecule has 1 aliphatic heterocycles. The van der Waals surface area contributed by atoms with Crippen LogP contribution in [0.2, 0.25) is 0 Å². The second kappa shape index (κ2) is 8.89. The van der Waals surface area contributed by atoms with Gasteiger partial charge in [0.2, 0.25) is 0 Å². The second-order valence-corrected chi connectivity index (χ2v) is 5.78. The Labute approximate surface area is 144 Å². The SMILES string of the molecule is CCN(C)C(=O)c1cccc(C(=O)N2CCCC(NC)C2)c1.Cl. The number of benzene rings is 1. The molecule has 1 N–H and O–H groups in total. The van der Waals surface area contributed by atoms with Crippen LogP contribution in [0.1, 0.15) is 40.5 Å². The van der Waals surface area contributed by atoms with Gasteiger partial charge in [0.05, 0.1) is 0 Å². The van der Waals surface area contributed by atoms with Crippen molar-refractivity contribution in [2.75, 3.05) is 33.7 Å². The van der Waals surface area contributed by atoms with E-state index in [1.165, 1.54) is 0 Å². The highest BCUT2D eigenvalue weighted by atomic mass is 35.5. The van der Waals surface area contributed by atoms with Gasteiger partial charge in [0.25, 0.3) is 11.8 Å². The highest BCUT2D eigenvalue weighted by Gasteiger charge is 2.24. The number of nitrogens with zero attached hydrogens (tertiary/aromatic N) is 2. The Morgan fingerprint density at radius 2 is 2.04 bits per heavy atom. The van der Waals surface area contributed by atoms with E-state index >= 15 is 0 Å². The van der Waals surface area contributed by atoms with Crippen molar-refractivity contribution in [1.82, 2.24) is 15.1 Å². The summed E-state index contributed by atoms with van der Waals surface area (Å²) in [5.41, 5.74) is 1.16. The van der Waals surface area contributed by atoms with Crippen LogP contribution in [-0.4, -0.2) is 61.4 Å². The molecule has 1 unspecified atom stereocenters. The molecule has 0 spiro atoms. The lowest BCUT2D eigenvalue weighted by Gasteiger charge is -2.32. The van der Waals surface area contributed by atoms with Crippen LogP contribution >= 0.6 is 12.4 Å². The number of rotatable bonds is 4. The van der Waals surface area contributed by atoms with Gasteiger partial charge in [-0.3, -0.25) is 9.59 Å². The number of amides is 2. The molecule has 5 nitrogen and oxygen atoms in total. The van der Waals surface area contributed by atoms with E-state index in [1.54, 1.807) is 36.2 Å². The average Bonchev–Trinajstić information content (AvgIpc) is 2.59. The molecule has 0 bridgehead atoms. The van der Waals surface area contributed by atoms with Gasteiger partial charge < -0.3 is 15.1 Å². The van der Waals surface area contributed by atoms with Gasteiger partial charge in [-0.2, -0.15) is 0 Å². The molecular weight excluding hydrogens is 314 g/mol. The van der Waals surface area contributed by atoms with Gasteiger partial charge in [0, 0.05) is 43.9 Å². The van der Waals surface area contributed by atoms with Crippen molar-refractivity contribution < 1.29 is 9.59 Å². The molecule has 128 valence electrons. The number of hydrogen-bond donors (Lipinski definition) is 1. The first kappa shape index (κ1) is 19.5. The van der Waals surface area contributed by atoms with Crippen LogP contribution < -0.4 is 5.32 Å². The summed E-state index contributed by atoms with van der Waals surface area (Å²) in [6, 6.07) is 7.39. The van der Waals surface area contributed by atoms with Crippen LogP contribution in [0, 0.1) is 0 Å². The van der Waals surface area contributed by atoms with E-state index in [2.05, 4.69) is 5.32 Å². The number of likely N-dealkylation sites (N-methyl/N-ethyl adjacent to an activating group) is 1. The summed E-state index contributed by atoms with van der Waals surface area (Å²) < 4.78 is 0. The molecule has 1 heterocycles. The molecule has 23 heavy (non-hydrogen) atoms. The van der Waals surface area contributed by atoms with Crippen molar-refractivity contribution in [3.05, 3.63) is 35.4 Å². The van der Waals surface area contributed by atoms with E-state index in [-0.39, 0.29) is 24.2 Å². The Balaban J connectivity index is 0.00000264. The van der Waals surface area contributed by atoms with Crippen LogP contribution in [0.15, 0.2) is 24.3 Å². The van der Waals surface area contributed by atoms with E-state index in [0.717, 1.165) is 25.9 Å². The summed E-state index contributed by atoms with van der Waals surface area (Å²) in [7, 11) is 3.69. The van der Waals surface area contributed by atoms with Gasteiger partial charge in [-0.25, -0.2) is 0 Å². The summed E-state index contributed by atoms with van der Waals surface area (Å²) in [6.07, 6.45) is 2.11. The predicted molar refractivity (Wildman–Crippen MR) is 94.3 cm³/mol. The average molecular weight is 340 g/mol. The largest absolute Gasteiger partial charge is 0.342 e. The fourth-order valence-electron chi connectivity index (χ4n) is 2.73. The molecule has 1 aromatic carbocycles. The summed E-state index contributed by atoms with van der Waals surface area (Å²) in [5.74, 6) is -0.0438. The first-order valence-corrected chi connectivity index (χ1v) is 7.89. The Bertz CT molecular complexity index is 550. The smallest absolute Gasteiger partial charge is 0.253 e. The molecule has 1 aliphatic rings. The molecular formula is C17H26ClN3O2. The third-order valence-corrected chi connectivity index (χ3v) is 4.29. The molecule has 0 saturated carbocycles. The third-order valence-electron chi connectivity index (χ3n) is 4.29. The van der Waals surface area contributed by atoms with Gasteiger partial charge in [0.15, 0.2) is 0 Å². The number of carbonyl (C=O) groups excluding carboxylic acids is 2. The lowest BCUT2D eigenvalue weighted by molar-refractivity contribution is 0.0698. The van der Waals surface area contributed by atoms with E-state index in [9.17, 15) is 9.59 Å². The quantitative estimate of drug-likeness (QED) is 0.913. The number of likely N-dealkylation sites (tertiary alicyclic amines) is 1. The van der Waals surface area contributed by atoms with Gasteiger partial charge in [0.1, 0.15) is 0 Å². The van der Waals surface area contributed by atoms with E-state index in [4.69, 9.17) is 0 Å². The maximum atomic E-state index is 12.6. The van der Waals surface area contributed by atoms with Crippen LogP contribution in [0.3, 0.4) is 0 Å². The summed E-state index contributed by atoms with van der Waals surface area (Å²) in [6.45, 7) is 4.08. The van der Waals surface area contributed by atoms with Crippen LogP contribution in [0.25, 0.3) is 0 Å². The predicted octanol–water partition coefficient (Wildman–Crippen LogP) is 2.02. The molecule has 6 heteroatoms. The zero-order valence-electron chi connectivity index (χ0n) is 14.0. The van der Waals surface area contributed by atoms with E-state index in [1.807, 2.05) is 18.9 Å². The van der Waals surface area contributed by atoms with Gasteiger partial charge in [-0.05, 0) is 45.0 Å². The molecule has 2 amide bonds. The molecule has 1 fully saturated rings. The monoisotopic (exact) mass is 339 g/mol. The molecule has 0 radical (unpaired) electrons. The molecule has 1 saturated heterocycles. The number of nitrogens with one attached hydrogen (secondary N) is 1. The normalized spacial score (nSPS) is 17.3. The number of halogens is 1. The Kier molecular flexibility index (Phi) is 7.52. The van der Waals surface area contributed by atoms with Crippen molar-refractivity contribution in [2.45, 2.75) is 25.8 Å². The van der Waals surface area contributed by atoms with Crippen molar-refractivity contribution in [3.8, 4) is 0 Å². The summed E-state index contributed by atoms with van der Waals surface area (Å²) in [4.78, 5) is 28.4. The zero-order chi connectivity index (χ0) is 16.1. The first-order valence-electron chi connectivity index (χ1n) is 7.89. The Morgan fingerprint density at radius 1 is 1.35 bits per heavy atom. The van der Waals surface area contributed by atoms with E-state index < -0.39 is 0 Å².